The molecule has 0 spiro atoms. The van der Waals surface area contributed by atoms with Crippen LogP contribution in [0.25, 0.3) is 0 Å². The maximum atomic E-state index is 3.63. The Labute approximate surface area is 110 Å². The van der Waals surface area contributed by atoms with E-state index >= 15 is 0 Å². The lowest BCUT2D eigenvalue weighted by Gasteiger charge is -2.34. The first-order valence-electron chi connectivity index (χ1n) is 7.52. The number of para-hydroxylation sites is 1. The quantitative estimate of drug-likeness (QED) is 0.869. The molecule has 2 nitrogen and oxygen atoms in total. The molecule has 1 aromatic carbocycles. The van der Waals surface area contributed by atoms with Crippen molar-refractivity contribution >= 4 is 11.4 Å². The molecule has 18 heavy (non-hydrogen) atoms. The van der Waals surface area contributed by atoms with Crippen LogP contribution in [0.4, 0.5) is 11.4 Å². The molecule has 0 atom stereocenters. The van der Waals surface area contributed by atoms with Crippen molar-refractivity contribution in [3.8, 4) is 0 Å². The topological polar surface area (TPSA) is 15.3 Å². The average Bonchev–Trinajstić information content (AvgIpc) is 2.94. The maximum Gasteiger partial charge on any atom is 0.0610 e. The van der Waals surface area contributed by atoms with Crippen molar-refractivity contribution in [3.05, 3.63) is 23.8 Å². The first-order valence-corrected chi connectivity index (χ1v) is 7.52. The average molecular weight is 244 g/mol. The molecule has 1 heterocycles. The second-order valence-electron chi connectivity index (χ2n) is 5.57. The summed E-state index contributed by atoms with van der Waals surface area (Å²) in [5, 5.41) is 3.63. The fourth-order valence-corrected chi connectivity index (χ4v) is 3.57. The molecule has 0 aromatic heterocycles. The first kappa shape index (κ1) is 11.9. The summed E-state index contributed by atoms with van der Waals surface area (Å²) in [6.07, 6.45) is 8.06. The maximum absolute atomic E-state index is 3.63. The van der Waals surface area contributed by atoms with Crippen molar-refractivity contribution in [1.82, 2.24) is 0 Å². The van der Waals surface area contributed by atoms with Gasteiger partial charge in [-0.15, -0.1) is 0 Å². The third-order valence-electron chi connectivity index (χ3n) is 4.47. The van der Waals surface area contributed by atoms with Crippen LogP contribution in [0.3, 0.4) is 0 Å². The van der Waals surface area contributed by atoms with Gasteiger partial charge in [0, 0.05) is 19.1 Å². The van der Waals surface area contributed by atoms with Crippen LogP contribution in [0.1, 0.15) is 44.6 Å². The second kappa shape index (κ2) is 5.21. The zero-order valence-electron chi connectivity index (χ0n) is 11.4. The van der Waals surface area contributed by atoms with Crippen LogP contribution in [0.2, 0.25) is 0 Å². The van der Waals surface area contributed by atoms with Gasteiger partial charge in [-0.25, -0.2) is 0 Å². The Hall–Kier alpha value is -1.18. The van der Waals surface area contributed by atoms with Crippen LogP contribution in [0.15, 0.2) is 18.2 Å². The monoisotopic (exact) mass is 244 g/mol. The smallest absolute Gasteiger partial charge is 0.0610 e. The van der Waals surface area contributed by atoms with Gasteiger partial charge in [0.1, 0.15) is 0 Å². The van der Waals surface area contributed by atoms with Gasteiger partial charge in [0.2, 0.25) is 0 Å². The summed E-state index contributed by atoms with van der Waals surface area (Å²) in [6, 6.07) is 7.59. The van der Waals surface area contributed by atoms with Gasteiger partial charge in [-0.05, 0) is 44.2 Å². The molecule has 1 saturated carbocycles. The van der Waals surface area contributed by atoms with Gasteiger partial charge in [-0.3, -0.25) is 0 Å². The first-order chi connectivity index (χ1) is 8.90. The van der Waals surface area contributed by atoms with E-state index in [1.165, 1.54) is 55.5 Å². The number of nitrogens with one attached hydrogen (secondary N) is 1. The van der Waals surface area contributed by atoms with E-state index in [-0.39, 0.29) is 0 Å². The van der Waals surface area contributed by atoms with Gasteiger partial charge in [0.25, 0.3) is 0 Å². The summed E-state index contributed by atoms with van der Waals surface area (Å²) in [5.74, 6) is 0. The van der Waals surface area contributed by atoms with Crippen LogP contribution < -0.4 is 10.2 Å². The number of hydrogen-bond donors (Lipinski definition) is 1. The number of nitrogens with zero attached hydrogens (tertiary/aromatic N) is 1. The molecule has 2 heteroatoms. The Balaban J connectivity index is 1.93. The van der Waals surface area contributed by atoms with Crippen LogP contribution in [-0.2, 0) is 6.42 Å². The molecule has 1 aromatic rings. The van der Waals surface area contributed by atoms with E-state index in [0.717, 1.165) is 19.1 Å². The van der Waals surface area contributed by atoms with Crippen molar-refractivity contribution in [2.45, 2.75) is 51.5 Å². The number of benzene rings is 1. The number of anilines is 2. The molecule has 1 fully saturated rings. The molecule has 0 bridgehead atoms. The Morgan fingerprint density at radius 1 is 1.22 bits per heavy atom. The predicted molar refractivity (Wildman–Crippen MR) is 78.5 cm³/mol. The standard InChI is InChI=1S/C16H24N2/c1-2-18(14-9-3-4-10-14)15-11-5-7-13-8-6-12-17-16(13)15/h5,7,11,14,17H,2-4,6,8-10,12H2,1H3. The summed E-state index contributed by atoms with van der Waals surface area (Å²) >= 11 is 0. The zero-order chi connectivity index (χ0) is 12.4. The Kier molecular flexibility index (Phi) is 3.44. The fourth-order valence-electron chi connectivity index (χ4n) is 3.57. The summed E-state index contributed by atoms with van der Waals surface area (Å²) < 4.78 is 0. The largest absolute Gasteiger partial charge is 0.383 e. The Morgan fingerprint density at radius 3 is 2.83 bits per heavy atom. The van der Waals surface area contributed by atoms with E-state index in [4.69, 9.17) is 0 Å². The molecule has 3 rings (SSSR count). The number of aryl methyl sites for hydroxylation is 1. The highest BCUT2D eigenvalue weighted by molar-refractivity contribution is 5.75. The van der Waals surface area contributed by atoms with Crippen LogP contribution >= 0.6 is 0 Å². The highest BCUT2D eigenvalue weighted by Gasteiger charge is 2.24. The molecular weight excluding hydrogens is 220 g/mol. The van der Waals surface area contributed by atoms with Crippen LogP contribution in [0.5, 0.6) is 0 Å². The van der Waals surface area contributed by atoms with Crippen LogP contribution in [-0.4, -0.2) is 19.1 Å². The molecule has 0 unspecified atom stereocenters. The van der Waals surface area contributed by atoms with Crippen molar-refractivity contribution in [2.24, 2.45) is 0 Å². The van der Waals surface area contributed by atoms with Crippen molar-refractivity contribution in [3.63, 3.8) is 0 Å². The van der Waals surface area contributed by atoms with Gasteiger partial charge >= 0.3 is 0 Å². The van der Waals surface area contributed by atoms with Gasteiger partial charge in [0.15, 0.2) is 0 Å². The molecule has 98 valence electrons. The van der Waals surface area contributed by atoms with Gasteiger partial charge in [-0.1, -0.05) is 25.0 Å². The molecule has 1 N–H and O–H groups in total. The zero-order valence-corrected chi connectivity index (χ0v) is 11.4. The van der Waals surface area contributed by atoms with Crippen LogP contribution in [0, 0.1) is 0 Å². The number of rotatable bonds is 3. The molecule has 0 saturated heterocycles. The molecule has 1 aliphatic carbocycles. The molecular formula is C16H24N2. The normalized spacial score (nSPS) is 19.4. The van der Waals surface area contributed by atoms with Gasteiger partial charge in [0.05, 0.1) is 11.4 Å². The van der Waals surface area contributed by atoms with Gasteiger partial charge in [-0.2, -0.15) is 0 Å². The van der Waals surface area contributed by atoms with Crippen molar-refractivity contribution < 1.29 is 0 Å². The minimum absolute atomic E-state index is 0.769. The minimum Gasteiger partial charge on any atom is -0.383 e. The van der Waals surface area contributed by atoms with Crippen molar-refractivity contribution in [1.29, 1.82) is 0 Å². The minimum atomic E-state index is 0.769. The third kappa shape index (κ3) is 2.09. The van der Waals surface area contributed by atoms with Crippen molar-refractivity contribution in [2.75, 3.05) is 23.3 Å². The van der Waals surface area contributed by atoms with E-state index in [1.807, 2.05) is 0 Å². The van der Waals surface area contributed by atoms with E-state index in [9.17, 15) is 0 Å². The second-order valence-corrected chi connectivity index (χ2v) is 5.57. The van der Waals surface area contributed by atoms with E-state index < -0.39 is 0 Å². The SMILES string of the molecule is CCN(c1cccc2c1NCCC2)C1CCCC1. The fraction of sp³-hybridized carbons (Fsp3) is 0.625. The lowest BCUT2D eigenvalue weighted by Crippen LogP contribution is -2.34. The highest BCUT2D eigenvalue weighted by atomic mass is 15.2. The van der Waals surface area contributed by atoms with Gasteiger partial charge < -0.3 is 10.2 Å². The summed E-state index contributed by atoms with van der Waals surface area (Å²) in [6.45, 7) is 4.55. The highest BCUT2D eigenvalue weighted by Crippen LogP contribution is 2.36. The molecule has 2 aliphatic rings. The Bertz CT molecular complexity index is 408. The molecule has 0 amide bonds. The predicted octanol–water partition coefficient (Wildman–Crippen LogP) is 3.81. The number of fused-ring (bicyclic) bond motifs is 1. The van der Waals surface area contributed by atoms with E-state index in [2.05, 4.69) is 35.3 Å². The summed E-state index contributed by atoms with van der Waals surface area (Å²) in [7, 11) is 0. The molecule has 1 aliphatic heterocycles. The third-order valence-corrected chi connectivity index (χ3v) is 4.47. The van der Waals surface area contributed by atoms with E-state index in [1.54, 1.807) is 0 Å². The number of hydrogen-bond acceptors (Lipinski definition) is 2. The summed E-state index contributed by atoms with van der Waals surface area (Å²) in [5.41, 5.74) is 4.37. The summed E-state index contributed by atoms with van der Waals surface area (Å²) in [4.78, 5) is 2.63. The van der Waals surface area contributed by atoms with E-state index in [0.29, 0.717) is 0 Å². The lowest BCUT2D eigenvalue weighted by atomic mass is 10.0. The molecule has 0 radical (unpaired) electrons. The Morgan fingerprint density at radius 2 is 2.06 bits per heavy atom. The lowest BCUT2D eigenvalue weighted by molar-refractivity contribution is 0.619.